The highest BCUT2D eigenvalue weighted by Gasteiger charge is 2.11. The quantitative estimate of drug-likeness (QED) is 0.153. The number of nitrogens with zero attached hydrogens (tertiary/aromatic N) is 1. The number of likely N-dealkylation sites (N-methyl/N-ethyl adjacent to an activating group) is 1. The molecule has 1 rings (SSSR count). The van der Waals surface area contributed by atoms with Crippen LogP contribution in [0.25, 0.3) is 6.08 Å². The van der Waals surface area contributed by atoms with E-state index < -0.39 is 16.4 Å². The number of hydrogen-bond donors (Lipinski definition) is 2. The molecule has 0 amide bonds. The largest absolute Gasteiger partial charge is 0.726 e. The summed E-state index contributed by atoms with van der Waals surface area (Å²) >= 11 is 0. The van der Waals surface area contributed by atoms with Gasteiger partial charge in [-0.15, -0.1) is 0 Å². The second-order valence-electron chi connectivity index (χ2n) is 6.22. The first-order valence-electron chi connectivity index (χ1n) is 7.55. The number of quaternary nitrogens is 1. The molecule has 8 N–H and O–H groups in total. The van der Waals surface area contributed by atoms with Gasteiger partial charge in [0.05, 0.1) is 35.4 Å². The summed E-state index contributed by atoms with van der Waals surface area (Å²) in [4.78, 5) is 11.7. The lowest BCUT2D eigenvalue weighted by atomic mass is 10.1. The van der Waals surface area contributed by atoms with E-state index in [0.717, 1.165) is 11.0 Å². The van der Waals surface area contributed by atoms with Crippen molar-refractivity contribution in [2.24, 2.45) is 0 Å². The Kier molecular flexibility index (Phi) is 18.0. The van der Waals surface area contributed by atoms with Crippen LogP contribution in [0.1, 0.15) is 5.56 Å². The number of esters is 1. The number of carbonyl (C=O) groups excluding carboxylic acids is 1. The molecule has 0 saturated carbocycles. The highest BCUT2D eigenvalue weighted by Crippen LogP contribution is 2.37. The van der Waals surface area contributed by atoms with E-state index in [9.17, 15) is 9.90 Å². The molecule has 0 aliphatic carbocycles. The molecule has 14 heteroatoms. The Balaban J connectivity index is -0.000000378. The van der Waals surface area contributed by atoms with E-state index in [4.69, 9.17) is 31.7 Å². The fourth-order valence-corrected chi connectivity index (χ4v) is 1.64. The van der Waals surface area contributed by atoms with Crippen LogP contribution < -0.4 is 9.47 Å². The van der Waals surface area contributed by atoms with Crippen LogP contribution in [0.3, 0.4) is 0 Å². The van der Waals surface area contributed by atoms with Gasteiger partial charge in [-0.3, -0.25) is 4.55 Å². The lowest BCUT2D eigenvalue weighted by Gasteiger charge is -2.23. The lowest BCUT2D eigenvalue weighted by molar-refractivity contribution is -0.870. The van der Waals surface area contributed by atoms with Gasteiger partial charge in [0.25, 0.3) is 0 Å². The molecule has 178 valence electrons. The maximum absolute atomic E-state index is 11.7. The minimum absolute atomic E-state index is 0. The first-order valence-corrected chi connectivity index (χ1v) is 8.92. The molecule has 0 spiro atoms. The molecule has 0 aliphatic heterocycles. The number of methoxy groups -OCH3 is 2. The lowest BCUT2D eigenvalue weighted by Crippen LogP contribution is -2.37. The van der Waals surface area contributed by atoms with Crippen LogP contribution in [0, 0.1) is 0 Å². The summed E-state index contributed by atoms with van der Waals surface area (Å²) in [5.74, 6) is 0.0573. The van der Waals surface area contributed by atoms with Gasteiger partial charge in [0.2, 0.25) is 16.1 Å². The molecule has 0 aromatic heterocycles. The SMILES string of the molecule is COc1cc(/C=C/C(=O)OCC[N+](C)(C)C)cc(OC)c1O.O.O.O.O=S(=O)([O-])O. The van der Waals surface area contributed by atoms with Crippen LogP contribution >= 0.6 is 0 Å². The van der Waals surface area contributed by atoms with Crippen LogP contribution in [-0.2, 0) is 19.9 Å². The van der Waals surface area contributed by atoms with E-state index in [1.165, 1.54) is 20.3 Å². The van der Waals surface area contributed by atoms with E-state index >= 15 is 0 Å². The van der Waals surface area contributed by atoms with E-state index in [2.05, 4.69) is 0 Å². The Morgan fingerprint density at radius 2 is 1.50 bits per heavy atom. The number of carbonyl (C=O) groups is 1. The molecule has 1 aromatic carbocycles. The van der Waals surface area contributed by atoms with Gasteiger partial charge in [-0.1, -0.05) is 0 Å². The topological polar surface area (TPSA) is 237 Å². The van der Waals surface area contributed by atoms with Crippen molar-refractivity contribution in [1.82, 2.24) is 0 Å². The average Bonchev–Trinajstić information content (AvgIpc) is 2.51. The van der Waals surface area contributed by atoms with E-state index in [1.807, 2.05) is 21.1 Å². The molecule has 0 atom stereocenters. The summed E-state index contributed by atoms with van der Waals surface area (Å²) in [5, 5.41) is 9.82. The third kappa shape index (κ3) is 17.6. The molecule has 1 aromatic rings. The molecule has 0 unspecified atom stereocenters. The van der Waals surface area contributed by atoms with Crippen molar-refractivity contribution in [2.45, 2.75) is 0 Å². The minimum atomic E-state index is -4.92. The smallest absolute Gasteiger partial charge is 0.330 e. The van der Waals surface area contributed by atoms with Gasteiger partial charge < -0.3 is 44.8 Å². The minimum Gasteiger partial charge on any atom is -0.726 e. The van der Waals surface area contributed by atoms with Crippen molar-refractivity contribution < 1.29 is 62.5 Å². The van der Waals surface area contributed by atoms with Gasteiger partial charge in [-0.05, 0) is 23.8 Å². The zero-order chi connectivity index (χ0) is 21.3. The van der Waals surface area contributed by atoms with Crippen LogP contribution in [0.2, 0.25) is 0 Å². The van der Waals surface area contributed by atoms with Crippen molar-refractivity contribution in [2.75, 3.05) is 48.5 Å². The van der Waals surface area contributed by atoms with Crippen molar-refractivity contribution in [3.05, 3.63) is 23.8 Å². The predicted octanol–water partition coefficient (Wildman–Crippen LogP) is -1.80. The Labute approximate surface area is 175 Å². The summed E-state index contributed by atoms with van der Waals surface area (Å²) in [6, 6.07) is 3.21. The molecule has 0 aliphatic rings. The van der Waals surface area contributed by atoms with Gasteiger partial charge in [0, 0.05) is 6.08 Å². The summed E-state index contributed by atoms with van der Waals surface area (Å²) < 4.78 is 48.8. The van der Waals surface area contributed by atoms with Crippen molar-refractivity contribution in [3.8, 4) is 17.2 Å². The van der Waals surface area contributed by atoms with Crippen molar-refractivity contribution in [1.29, 1.82) is 0 Å². The number of phenolic OH excluding ortho intramolecular Hbond substituents is 1. The number of ether oxygens (including phenoxy) is 3. The second kappa shape index (κ2) is 15.4. The average molecular weight is 461 g/mol. The Morgan fingerprint density at radius 1 is 1.10 bits per heavy atom. The Hall–Kier alpha value is -2.46. The second-order valence-corrected chi connectivity index (χ2v) is 7.07. The first kappa shape index (κ1) is 35.0. The third-order valence-electron chi connectivity index (χ3n) is 2.92. The van der Waals surface area contributed by atoms with Crippen LogP contribution in [0.5, 0.6) is 17.2 Å². The molecular weight excluding hydrogens is 430 g/mol. The number of rotatable bonds is 7. The molecule has 13 nitrogen and oxygen atoms in total. The monoisotopic (exact) mass is 461 g/mol. The van der Waals surface area contributed by atoms with Crippen LogP contribution in [-0.4, -0.2) is 98.0 Å². The number of hydrogen-bond acceptors (Lipinski definition) is 8. The Bertz CT molecular complexity index is 723. The maximum atomic E-state index is 11.7. The third-order valence-corrected chi connectivity index (χ3v) is 2.92. The first-order chi connectivity index (χ1) is 12.3. The summed E-state index contributed by atoms with van der Waals surface area (Å²) in [5.41, 5.74) is 0.662. The van der Waals surface area contributed by atoms with Gasteiger partial charge in [-0.2, -0.15) is 0 Å². The Morgan fingerprint density at radius 3 is 1.83 bits per heavy atom. The van der Waals surface area contributed by atoms with Gasteiger partial charge in [0.1, 0.15) is 13.2 Å². The van der Waals surface area contributed by atoms with Gasteiger partial charge in [-0.25, -0.2) is 13.2 Å². The van der Waals surface area contributed by atoms with Crippen LogP contribution in [0.4, 0.5) is 0 Å². The highest BCUT2D eigenvalue weighted by atomic mass is 32.3. The number of benzene rings is 1. The molecule has 0 heterocycles. The van der Waals surface area contributed by atoms with E-state index in [1.54, 1.807) is 18.2 Å². The molecule has 30 heavy (non-hydrogen) atoms. The van der Waals surface area contributed by atoms with Gasteiger partial charge in [0.15, 0.2) is 11.5 Å². The van der Waals surface area contributed by atoms with E-state index in [-0.39, 0.29) is 33.7 Å². The highest BCUT2D eigenvalue weighted by molar-refractivity contribution is 7.79. The molecule has 0 saturated heterocycles. The fraction of sp³-hybridized carbons (Fsp3) is 0.438. The van der Waals surface area contributed by atoms with Gasteiger partial charge >= 0.3 is 5.97 Å². The zero-order valence-corrected chi connectivity index (χ0v) is 18.1. The fourth-order valence-electron chi connectivity index (χ4n) is 1.64. The summed E-state index contributed by atoms with van der Waals surface area (Å²) in [6.07, 6.45) is 2.92. The predicted molar refractivity (Wildman–Crippen MR) is 107 cm³/mol. The molecular formula is C16H31NO12S. The normalized spacial score (nSPS) is 10.4. The van der Waals surface area contributed by atoms with E-state index in [0.29, 0.717) is 12.2 Å². The summed E-state index contributed by atoms with van der Waals surface area (Å²) in [6.45, 7) is 1.09. The van der Waals surface area contributed by atoms with Crippen molar-refractivity contribution in [3.63, 3.8) is 0 Å². The number of phenols is 1. The number of aromatic hydroxyl groups is 1. The molecule has 0 bridgehead atoms. The zero-order valence-electron chi connectivity index (χ0n) is 17.3. The van der Waals surface area contributed by atoms with Crippen molar-refractivity contribution >= 4 is 22.4 Å². The standard InChI is InChI=1S/C16H23NO5.H2O4S.3H2O/c1-17(2,3)8-9-22-15(18)7-6-12-10-13(20-4)16(19)14(11-12)21-5;1-5(2,3)4;;;/h6-7,10-11H,8-9H2,1-5H3;(H2,1,2,3,4);3*1H2. The maximum Gasteiger partial charge on any atom is 0.330 e. The van der Waals surface area contributed by atoms with Crippen LogP contribution in [0.15, 0.2) is 18.2 Å². The molecule has 0 fully saturated rings. The molecule has 0 radical (unpaired) electrons. The summed E-state index contributed by atoms with van der Waals surface area (Å²) in [7, 11) is 4.05.